The highest BCUT2D eigenvalue weighted by atomic mass is 16.5. The molecule has 6 heteroatoms. The molecule has 0 spiro atoms. The zero-order valence-corrected chi connectivity index (χ0v) is 19.3. The maximum atomic E-state index is 12.1. The van der Waals surface area contributed by atoms with Crippen LogP contribution in [0.2, 0.25) is 0 Å². The van der Waals surface area contributed by atoms with Gasteiger partial charge in [-0.15, -0.1) is 0 Å². The van der Waals surface area contributed by atoms with E-state index in [4.69, 9.17) is 9.84 Å². The molecule has 0 saturated carbocycles. The maximum Gasteiger partial charge on any atom is 0.405 e. The Bertz CT molecular complexity index is 547. The SMILES string of the molecule is CCCCCC(C#CCNC(=O)CCC(C)(C)OCCC(C)(C)NC(=O)O)CC. The van der Waals surface area contributed by atoms with E-state index in [0.717, 1.165) is 12.8 Å². The quantitative estimate of drug-likeness (QED) is 0.285. The van der Waals surface area contributed by atoms with E-state index in [1.165, 1.54) is 19.3 Å². The largest absolute Gasteiger partial charge is 0.465 e. The van der Waals surface area contributed by atoms with E-state index >= 15 is 0 Å². The molecular formula is C23H42N2O4. The van der Waals surface area contributed by atoms with Crippen LogP contribution in [0.15, 0.2) is 0 Å². The molecule has 0 aromatic rings. The van der Waals surface area contributed by atoms with E-state index in [1.807, 2.05) is 27.7 Å². The first-order valence-corrected chi connectivity index (χ1v) is 10.9. The Morgan fingerprint density at radius 2 is 1.79 bits per heavy atom. The number of rotatable bonds is 14. The molecule has 168 valence electrons. The summed E-state index contributed by atoms with van der Waals surface area (Å²) in [5, 5.41) is 14.2. The topological polar surface area (TPSA) is 87.7 Å². The predicted octanol–water partition coefficient (Wildman–Crippen LogP) is 4.72. The Hall–Kier alpha value is -1.74. The van der Waals surface area contributed by atoms with Gasteiger partial charge in [-0.3, -0.25) is 4.79 Å². The summed E-state index contributed by atoms with van der Waals surface area (Å²) in [6, 6.07) is 0. The molecule has 0 radical (unpaired) electrons. The number of hydrogen-bond donors (Lipinski definition) is 3. The highest BCUT2D eigenvalue weighted by Gasteiger charge is 2.24. The molecule has 0 rings (SSSR count). The van der Waals surface area contributed by atoms with Gasteiger partial charge in [0, 0.05) is 24.5 Å². The second-order valence-electron chi connectivity index (χ2n) is 8.87. The molecule has 6 nitrogen and oxygen atoms in total. The molecule has 0 aromatic carbocycles. The average molecular weight is 411 g/mol. The van der Waals surface area contributed by atoms with Gasteiger partial charge in [-0.25, -0.2) is 4.79 Å². The Labute approximate surface area is 177 Å². The summed E-state index contributed by atoms with van der Waals surface area (Å²) in [7, 11) is 0. The Morgan fingerprint density at radius 3 is 2.38 bits per heavy atom. The van der Waals surface area contributed by atoms with Crippen LogP contribution in [-0.4, -0.2) is 41.4 Å². The molecule has 1 atom stereocenters. The third-order valence-corrected chi connectivity index (χ3v) is 4.95. The second-order valence-corrected chi connectivity index (χ2v) is 8.87. The summed E-state index contributed by atoms with van der Waals surface area (Å²) < 4.78 is 5.87. The van der Waals surface area contributed by atoms with Crippen LogP contribution in [0.3, 0.4) is 0 Å². The van der Waals surface area contributed by atoms with E-state index in [1.54, 1.807) is 0 Å². The molecular weight excluding hydrogens is 368 g/mol. The van der Waals surface area contributed by atoms with Gasteiger partial charge < -0.3 is 20.5 Å². The number of hydrogen-bond acceptors (Lipinski definition) is 3. The monoisotopic (exact) mass is 410 g/mol. The van der Waals surface area contributed by atoms with Gasteiger partial charge in [-0.05, 0) is 53.4 Å². The summed E-state index contributed by atoms with van der Waals surface area (Å²) in [6.45, 7) is 12.7. The maximum absolute atomic E-state index is 12.1. The zero-order chi connectivity index (χ0) is 22.3. The summed E-state index contributed by atoms with van der Waals surface area (Å²) in [5.41, 5.74) is -1.00. The first-order valence-electron chi connectivity index (χ1n) is 10.9. The molecule has 0 saturated heterocycles. The van der Waals surface area contributed by atoms with E-state index in [0.29, 0.717) is 38.3 Å². The molecule has 0 bridgehead atoms. The van der Waals surface area contributed by atoms with Gasteiger partial charge in [0.05, 0.1) is 12.1 Å². The van der Waals surface area contributed by atoms with Crippen molar-refractivity contribution in [1.82, 2.24) is 10.6 Å². The molecule has 29 heavy (non-hydrogen) atoms. The molecule has 2 amide bonds. The van der Waals surface area contributed by atoms with Crippen molar-refractivity contribution >= 4 is 12.0 Å². The zero-order valence-electron chi connectivity index (χ0n) is 19.3. The highest BCUT2D eigenvalue weighted by molar-refractivity contribution is 5.76. The van der Waals surface area contributed by atoms with Gasteiger partial charge in [-0.1, -0.05) is 45.0 Å². The van der Waals surface area contributed by atoms with Crippen molar-refractivity contribution < 1.29 is 19.4 Å². The van der Waals surface area contributed by atoms with Crippen LogP contribution in [0.4, 0.5) is 4.79 Å². The first kappa shape index (κ1) is 27.3. The number of nitrogens with one attached hydrogen (secondary N) is 2. The number of unbranched alkanes of at least 4 members (excludes halogenated alkanes) is 2. The van der Waals surface area contributed by atoms with E-state index < -0.39 is 17.2 Å². The number of carboxylic acid groups (broad SMARTS) is 1. The van der Waals surface area contributed by atoms with Gasteiger partial charge in [0.25, 0.3) is 0 Å². The van der Waals surface area contributed by atoms with E-state index in [-0.39, 0.29) is 5.91 Å². The van der Waals surface area contributed by atoms with Crippen molar-refractivity contribution in [2.75, 3.05) is 13.2 Å². The van der Waals surface area contributed by atoms with Gasteiger partial charge in [0.1, 0.15) is 0 Å². The van der Waals surface area contributed by atoms with Crippen LogP contribution in [0.1, 0.15) is 92.9 Å². The van der Waals surface area contributed by atoms with Crippen LogP contribution in [0.5, 0.6) is 0 Å². The third kappa shape index (κ3) is 15.8. The standard InChI is InChI=1S/C23H42N2O4/c1-7-9-10-12-19(8-2)13-11-17-24-20(26)14-15-23(5,6)29-18-16-22(3,4)25-21(27)28/h19,25H,7-10,12,14-18H2,1-6H3,(H,24,26)(H,27,28). The number of amides is 2. The van der Waals surface area contributed by atoms with Gasteiger partial charge in [0.15, 0.2) is 0 Å². The minimum absolute atomic E-state index is 0.0251. The predicted molar refractivity (Wildman–Crippen MR) is 118 cm³/mol. The van der Waals surface area contributed by atoms with Crippen LogP contribution in [0, 0.1) is 17.8 Å². The molecule has 0 aromatic heterocycles. The molecule has 3 N–H and O–H groups in total. The fraction of sp³-hybridized carbons (Fsp3) is 0.826. The van der Waals surface area contributed by atoms with Crippen molar-refractivity contribution in [3.8, 4) is 11.8 Å². The van der Waals surface area contributed by atoms with Crippen LogP contribution in [0.25, 0.3) is 0 Å². The number of carbonyl (C=O) groups excluding carboxylic acids is 1. The minimum Gasteiger partial charge on any atom is -0.465 e. The van der Waals surface area contributed by atoms with Crippen LogP contribution >= 0.6 is 0 Å². The summed E-state index contributed by atoms with van der Waals surface area (Å²) in [5.74, 6) is 6.76. The number of carbonyl (C=O) groups is 2. The molecule has 0 heterocycles. The van der Waals surface area contributed by atoms with Gasteiger partial charge in [-0.2, -0.15) is 0 Å². The van der Waals surface area contributed by atoms with E-state index in [2.05, 4.69) is 36.3 Å². The van der Waals surface area contributed by atoms with Crippen molar-refractivity contribution in [1.29, 1.82) is 0 Å². The normalized spacial score (nSPS) is 12.6. The van der Waals surface area contributed by atoms with Crippen molar-refractivity contribution in [2.24, 2.45) is 5.92 Å². The lowest BCUT2D eigenvalue weighted by molar-refractivity contribution is -0.122. The van der Waals surface area contributed by atoms with E-state index in [9.17, 15) is 9.59 Å². The molecule has 0 aliphatic carbocycles. The number of ether oxygens (including phenoxy) is 1. The fourth-order valence-corrected chi connectivity index (χ4v) is 2.87. The minimum atomic E-state index is -1.04. The van der Waals surface area contributed by atoms with Crippen molar-refractivity contribution in [3.63, 3.8) is 0 Å². The summed E-state index contributed by atoms with van der Waals surface area (Å²) in [6.07, 6.45) is 6.35. The molecule has 0 aliphatic heterocycles. The van der Waals surface area contributed by atoms with Crippen molar-refractivity contribution in [3.05, 3.63) is 0 Å². The Balaban J connectivity index is 4.13. The van der Waals surface area contributed by atoms with Crippen LogP contribution in [-0.2, 0) is 9.53 Å². The average Bonchev–Trinajstić information content (AvgIpc) is 2.60. The highest BCUT2D eigenvalue weighted by Crippen LogP contribution is 2.19. The second kappa shape index (κ2) is 14.3. The lowest BCUT2D eigenvalue weighted by atomic mass is 9.99. The van der Waals surface area contributed by atoms with Crippen LogP contribution < -0.4 is 10.6 Å². The van der Waals surface area contributed by atoms with Gasteiger partial charge in [0.2, 0.25) is 5.91 Å². The lowest BCUT2D eigenvalue weighted by Gasteiger charge is -2.29. The smallest absolute Gasteiger partial charge is 0.405 e. The third-order valence-electron chi connectivity index (χ3n) is 4.95. The van der Waals surface area contributed by atoms with Gasteiger partial charge >= 0.3 is 6.09 Å². The summed E-state index contributed by atoms with van der Waals surface area (Å²) >= 11 is 0. The fourth-order valence-electron chi connectivity index (χ4n) is 2.87. The molecule has 1 unspecified atom stereocenters. The molecule has 0 aliphatic rings. The Morgan fingerprint density at radius 1 is 1.10 bits per heavy atom. The first-order chi connectivity index (χ1) is 13.5. The Kier molecular flexibility index (Phi) is 13.4. The summed E-state index contributed by atoms with van der Waals surface area (Å²) in [4.78, 5) is 22.8. The van der Waals surface area contributed by atoms with Crippen molar-refractivity contribution in [2.45, 2.75) is 104 Å². The lowest BCUT2D eigenvalue weighted by Crippen LogP contribution is -2.44. The molecule has 0 fully saturated rings.